The molecular weight excluding hydrogens is 186 g/mol. The quantitative estimate of drug-likeness (QED) is 0.683. The van der Waals surface area contributed by atoms with Gasteiger partial charge in [0.15, 0.2) is 0 Å². The first kappa shape index (κ1) is 14.1. The van der Waals surface area contributed by atoms with Gasteiger partial charge in [0.05, 0.1) is 6.61 Å². The van der Waals surface area contributed by atoms with Crippen LogP contribution in [0.25, 0.3) is 0 Å². The van der Waals surface area contributed by atoms with E-state index in [1.165, 1.54) is 11.1 Å². The van der Waals surface area contributed by atoms with Gasteiger partial charge in [-0.3, -0.25) is 0 Å². The van der Waals surface area contributed by atoms with Crippen LogP contribution < -0.4 is 5.73 Å². The fourth-order valence-electron chi connectivity index (χ4n) is 1.42. The van der Waals surface area contributed by atoms with Crippen molar-refractivity contribution in [1.29, 1.82) is 0 Å². The lowest BCUT2D eigenvalue weighted by Crippen LogP contribution is -2.19. The predicted molar refractivity (Wildman–Crippen MR) is 66.8 cm³/mol. The molecule has 2 N–H and O–H groups in total. The van der Waals surface area contributed by atoms with Gasteiger partial charge in [0.25, 0.3) is 0 Å². The molecule has 1 atom stereocenters. The number of hydrogen-bond acceptors (Lipinski definition) is 2. The van der Waals surface area contributed by atoms with Gasteiger partial charge in [0, 0.05) is 13.2 Å². The maximum atomic E-state index is 5.93. The Labute approximate surface area is 93.5 Å². The number of methoxy groups -OCH3 is 1. The van der Waals surface area contributed by atoms with Gasteiger partial charge in [-0.25, -0.2) is 0 Å². The first-order valence-corrected chi connectivity index (χ1v) is 5.45. The summed E-state index contributed by atoms with van der Waals surface area (Å²) in [5.74, 6) is 0. The molecule has 0 aromatic carbocycles. The van der Waals surface area contributed by atoms with Gasteiger partial charge in [-0.1, -0.05) is 31.2 Å². The number of rotatable bonds is 6. The number of hydrogen-bond donors (Lipinski definition) is 1. The van der Waals surface area contributed by atoms with Crippen molar-refractivity contribution in [3.05, 3.63) is 35.5 Å². The predicted octanol–water partition coefficient (Wildman–Crippen LogP) is 2.82. The Morgan fingerprint density at radius 2 is 2.13 bits per heavy atom. The van der Waals surface area contributed by atoms with E-state index in [-0.39, 0.29) is 6.04 Å². The van der Waals surface area contributed by atoms with Crippen LogP contribution in [0.5, 0.6) is 0 Å². The molecule has 0 amide bonds. The summed E-state index contributed by atoms with van der Waals surface area (Å²) >= 11 is 0. The zero-order valence-electron chi connectivity index (χ0n) is 10.3. The minimum Gasteiger partial charge on any atom is -0.381 e. The van der Waals surface area contributed by atoms with Crippen LogP contribution in [0.2, 0.25) is 0 Å². The molecule has 0 aromatic heterocycles. The molecule has 2 nitrogen and oxygen atoms in total. The molecule has 15 heavy (non-hydrogen) atoms. The van der Waals surface area contributed by atoms with Crippen molar-refractivity contribution in [3.63, 3.8) is 0 Å². The van der Waals surface area contributed by atoms with Crippen LogP contribution in [0.4, 0.5) is 0 Å². The third-order valence-electron chi connectivity index (χ3n) is 2.12. The lowest BCUT2D eigenvalue weighted by atomic mass is 9.98. The monoisotopic (exact) mass is 209 g/mol. The van der Waals surface area contributed by atoms with Crippen molar-refractivity contribution in [2.45, 2.75) is 33.2 Å². The Hall–Kier alpha value is -0.860. The number of allylic oxidation sites excluding steroid dienone is 3. The van der Waals surface area contributed by atoms with E-state index in [2.05, 4.69) is 25.2 Å². The topological polar surface area (TPSA) is 35.2 Å². The normalized spacial score (nSPS) is 16.1. The zero-order valence-corrected chi connectivity index (χ0v) is 10.3. The molecule has 0 aliphatic rings. The second-order valence-electron chi connectivity index (χ2n) is 3.46. The van der Waals surface area contributed by atoms with Gasteiger partial charge in [-0.2, -0.15) is 0 Å². The summed E-state index contributed by atoms with van der Waals surface area (Å²) in [6.45, 7) is 6.79. The van der Waals surface area contributed by atoms with Gasteiger partial charge < -0.3 is 10.5 Å². The van der Waals surface area contributed by atoms with Crippen LogP contribution in [0, 0.1) is 0 Å². The third-order valence-corrected chi connectivity index (χ3v) is 2.12. The maximum absolute atomic E-state index is 5.93. The van der Waals surface area contributed by atoms with E-state index < -0.39 is 0 Å². The SMILES string of the molecule is C/C=C(/C=C/COC)C(=C/CC)\C(C)N. The van der Waals surface area contributed by atoms with Gasteiger partial charge >= 0.3 is 0 Å². The summed E-state index contributed by atoms with van der Waals surface area (Å²) in [7, 11) is 1.69. The van der Waals surface area contributed by atoms with E-state index in [1.807, 2.05) is 19.9 Å². The highest BCUT2D eigenvalue weighted by Crippen LogP contribution is 2.15. The molecule has 0 aromatic rings. The molecule has 0 spiro atoms. The smallest absolute Gasteiger partial charge is 0.0646 e. The average Bonchev–Trinajstić information content (AvgIpc) is 2.22. The summed E-state index contributed by atoms with van der Waals surface area (Å²) in [4.78, 5) is 0. The minimum absolute atomic E-state index is 0.0725. The standard InChI is InChI=1S/C13H23NO/c1-5-8-13(11(3)14)12(6-2)9-7-10-15-4/h6-9,11H,5,10,14H2,1-4H3/b9-7+,12-6-,13-8-. The van der Waals surface area contributed by atoms with Crippen LogP contribution in [0.15, 0.2) is 35.5 Å². The molecule has 0 saturated carbocycles. The summed E-state index contributed by atoms with van der Waals surface area (Å²) < 4.78 is 4.97. The van der Waals surface area contributed by atoms with Crippen molar-refractivity contribution in [1.82, 2.24) is 0 Å². The Bertz CT molecular complexity index is 249. The molecule has 0 heterocycles. The van der Waals surface area contributed by atoms with Crippen molar-refractivity contribution in [3.8, 4) is 0 Å². The van der Waals surface area contributed by atoms with Crippen molar-refractivity contribution < 1.29 is 4.74 Å². The molecule has 86 valence electrons. The minimum atomic E-state index is 0.0725. The van der Waals surface area contributed by atoms with Crippen LogP contribution in [-0.2, 0) is 4.74 Å². The Kier molecular flexibility index (Phi) is 7.96. The molecule has 0 bridgehead atoms. The van der Waals surface area contributed by atoms with E-state index in [4.69, 9.17) is 10.5 Å². The number of ether oxygens (including phenoxy) is 1. The second-order valence-corrected chi connectivity index (χ2v) is 3.46. The fraction of sp³-hybridized carbons (Fsp3) is 0.538. The maximum Gasteiger partial charge on any atom is 0.0646 e. The highest BCUT2D eigenvalue weighted by atomic mass is 16.5. The lowest BCUT2D eigenvalue weighted by molar-refractivity contribution is 0.234. The Morgan fingerprint density at radius 1 is 1.47 bits per heavy atom. The first-order valence-electron chi connectivity index (χ1n) is 5.45. The van der Waals surface area contributed by atoms with E-state index in [0.717, 1.165) is 6.42 Å². The lowest BCUT2D eigenvalue weighted by Gasteiger charge is -2.12. The summed E-state index contributed by atoms with van der Waals surface area (Å²) in [5.41, 5.74) is 8.31. The summed E-state index contributed by atoms with van der Waals surface area (Å²) in [6.07, 6.45) is 9.33. The highest BCUT2D eigenvalue weighted by Gasteiger charge is 2.05. The van der Waals surface area contributed by atoms with Gasteiger partial charge in [0.1, 0.15) is 0 Å². The number of nitrogens with two attached hydrogens (primary N) is 1. The molecule has 1 unspecified atom stereocenters. The van der Waals surface area contributed by atoms with Gasteiger partial charge in [-0.15, -0.1) is 0 Å². The molecule has 0 fully saturated rings. The Balaban J connectivity index is 4.70. The largest absolute Gasteiger partial charge is 0.381 e. The van der Waals surface area contributed by atoms with Gasteiger partial charge in [0.2, 0.25) is 0 Å². The molecule has 0 saturated heterocycles. The highest BCUT2D eigenvalue weighted by molar-refractivity contribution is 5.42. The van der Waals surface area contributed by atoms with Crippen LogP contribution >= 0.6 is 0 Å². The van der Waals surface area contributed by atoms with Crippen molar-refractivity contribution in [2.75, 3.05) is 13.7 Å². The molecular formula is C13H23NO. The van der Waals surface area contributed by atoms with Gasteiger partial charge in [-0.05, 0) is 31.4 Å². The molecule has 0 aliphatic carbocycles. The molecule has 2 heteroatoms. The van der Waals surface area contributed by atoms with E-state index in [0.29, 0.717) is 6.61 Å². The molecule has 0 radical (unpaired) electrons. The average molecular weight is 209 g/mol. The second kappa shape index (κ2) is 8.45. The Morgan fingerprint density at radius 3 is 2.53 bits per heavy atom. The summed E-state index contributed by atoms with van der Waals surface area (Å²) in [5, 5.41) is 0. The van der Waals surface area contributed by atoms with Crippen LogP contribution in [0.1, 0.15) is 27.2 Å². The van der Waals surface area contributed by atoms with Crippen molar-refractivity contribution >= 4 is 0 Å². The molecule has 0 aliphatic heterocycles. The fourth-order valence-corrected chi connectivity index (χ4v) is 1.42. The first-order chi connectivity index (χ1) is 7.17. The van der Waals surface area contributed by atoms with Crippen LogP contribution in [0.3, 0.4) is 0 Å². The summed E-state index contributed by atoms with van der Waals surface area (Å²) in [6, 6.07) is 0.0725. The molecule has 0 rings (SSSR count). The van der Waals surface area contributed by atoms with E-state index in [9.17, 15) is 0 Å². The third kappa shape index (κ3) is 5.55. The zero-order chi connectivity index (χ0) is 11.7. The van der Waals surface area contributed by atoms with E-state index in [1.54, 1.807) is 7.11 Å². The van der Waals surface area contributed by atoms with Crippen molar-refractivity contribution in [2.24, 2.45) is 5.73 Å². The van der Waals surface area contributed by atoms with E-state index >= 15 is 0 Å². The van der Waals surface area contributed by atoms with Crippen LogP contribution in [-0.4, -0.2) is 19.8 Å².